The van der Waals surface area contributed by atoms with Crippen LogP contribution in [0.1, 0.15) is 44.7 Å². The minimum absolute atomic E-state index is 0.00951. The van der Waals surface area contributed by atoms with Crippen molar-refractivity contribution in [2.45, 2.75) is 39.2 Å². The molecule has 0 spiro atoms. The van der Waals surface area contributed by atoms with Gasteiger partial charge in [0.15, 0.2) is 0 Å². The topological polar surface area (TPSA) is 38.0 Å². The average molecular weight is 329 g/mol. The van der Waals surface area contributed by atoms with Crippen LogP contribution in [0.4, 0.5) is 4.39 Å². The molecule has 0 amide bonds. The molecule has 0 saturated heterocycles. The third-order valence-corrected chi connectivity index (χ3v) is 5.02. The maximum absolute atomic E-state index is 13.7. The number of halogens is 2. The minimum atomic E-state index is -0.227. The van der Waals surface area contributed by atoms with E-state index in [1.807, 2.05) is 6.07 Å². The van der Waals surface area contributed by atoms with Crippen molar-refractivity contribution in [3.8, 4) is 0 Å². The first-order valence-corrected chi connectivity index (χ1v) is 7.72. The van der Waals surface area contributed by atoms with Crippen molar-refractivity contribution in [3.63, 3.8) is 0 Å². The Hall–Kier alpha value is -0.450. The average Bonchev–Trinajstić information content (AvgIpc) is 2.34. The van der Waals surface area contributed by atoms with Crippen molar-refractivity contribution in [1.82, 2.24) is 5.43 Å². The number of nitrogens with one attached hydrogen (secondary N) is 1. The molecule has 3 N–H and O–H groups in total. The van der Waals surface area contributed by atoms with Gasteiger partial charge >= 0.3 is 0 Å². The maximum atomic E-state index is 13.7. The van der Waals surface area contributed by atoms with Crippen LogP contribution in [0.5, 0.6) is 0 Å². The van der Waals surface area contributed by atoms with E-state index in [1.54, 1.807) is 6.07 Å². The van der Waals surface area contributed by atoms with E-state index in [0.717, 1.165) is 18.4 Å². The molecule has 0 radical (unpaired) electrons. The lowest BCUT2D eigenvalue weighted by Crippen LogP contribution is -2.37. The van der Waals surface area contributed by atoms with E-state index in [2.05, 4.69) is 35.2 Å². The van der Waals surface area contributed by atoms with Gasteiger partial charge in [-0.2, -0.15) is 0 Å². The van der Waals surface area contributed by atoms with E-state index in [9.17, 15) is 4.39 Å². The van der Waals surface area contributed by atoms with E-state index in [-0.39, 0.29) is 11.9 Å². The summed E-state index contributed by atoms with van der Waals surface area (Å²) in [5.74, 6) is 7.40. The minimum Gasteiger partial charge on any atom is -0.271 e. The molecule has 0 heterocycles. The Morgan fingerprint density at radius 3 is 2.47 bits per heavy atom. The van der Waals surface area contributed by atoms with E-state index < -0.39 is 0 Å². The van der Waals surface area contributed by atoms with Crippen LogP contribution in [0.3, 0.4) is 0 Å². The molecule has 1 aromatic carbocycles. The third kappa shape index (κ3) is 3.36. The van der Waals surface area contributed by atoms with Crippen molar-refractivity contribution in [2.75, 3.05) is 0 Å². The van der Waals surface area contributed by atoms with Gasteiger partial charge in [-0.3, -0.25) is 11.3 Å². The van der Waals surface area contributed by atoms with Gasteiger partial charge in [-0.15, -0.1) is 0 Å². The third-order valence-electron chi connectivity index (χ3n) is 4.18. The first kappa shape index (κ1) is 14.9. The van der Waals surface area contributed by atoms with Crippen LogP contribution in [0.2, 0.25) is 0 Å². The molecule has 2 rings (SSSR count). The van der Waals surface area contributed by atoms with Crippen molar-refractivity contribution in [2.24, 2.45) is 23.6 Å². The van der Waals surface area contributed by atoms with Gasteiger partial charge in [0, 0.05) is 0 Å². The molecule has 106 valence electrons. The van der Waals surface area contributed by atoms with Gasteiger partial charge in [-0.05, 0) is 64.6 Å². The quantitative estimate of drug-likeness (QED) is 0.645. The molecule has 0 aliphatic heterocycles. The zero-order chi connectivity index (χ0) is 14.0. The number of nitrogens with two attached hydrogens (primary N) is 1. The maximum Gasteiger partial charge on any atom is 0.137 e. The van der Waals surface area contributed by atoms with Crippen LogP contribution < -0.4 is 11.3 Å². The highest BCUT2D eigenvalue weighted by Crippen LogP contribution is 2.41. The summed E-state index contributed by atoms with van der Waals surface area (Å²) in [7, 11) is 0. The normalized spacial score (nSPS) is 29.2. The Morgan fingerprint density at radius 2 is 1.89 bits per heavy atom. The van der Waals surface area contributed by atoms with Crippen molar-refractivity contribution >= 4 is 15.9 Å². The molecule has 1 saturated carbocycles. The van der Waals surface area contributed by atoms with E-state index in [4.69, 9.17) is 5.84 Å². The Morgan fingerprint density at radius 1 is 1.26 bits per heavy atom. The molecule has 0 aromatic heterocycles. The SMILES string of the molecule is CC1CC(C)CC(C(NN)c2cccc(F)c2Br)C1. The van der Waals surface area contributed by atoms with Crippen molar-refractivity contribution in [3.05, 3.63) is 34.1 Å². The summed E-state index contributed by atoms with van der Waals surface area (Å²) in [4.78, 5) is 0. The van der Waals surface area contributed by atoms with Crippen LogP contribution in [-0.4, -0.2) is 0 Å². The van der Waals surface area contributed by atoms with E-state index in [0.29, 0.717) is 22.2 Å². The summed E-state index contributed by atoms with van der Waals surface area (Å²) < 4.78 is 14.2. The molecule has 4 heteroatoms. The van der Waals surface area contributed by atoms with Crippen molar-refractivity contribution in [1.29, 1.82) is 0 Å². The molecule has 3 unspecified atom stereocenters. The molecule has 1 fully saturated rings. The largest absolute Gasteiger partial charge is 0.271 e. The molecule has 1 aliphatic carbocycles. The summed E-state index contributed by atoms with van der Waals surface area (Å²) in [6.45, 7) is 4.58. The fourth-order valence-electron chi connectivity index (χ4n) is 3.52. The van der Waals surface area contributed by atoms with Gasteiger partial charge in [0.25, 0.3) is 0 Å². The molecule has 2 nitrogen and oxygen atoms in total. The fraction of sp³-hybridized carbons (Fsp3) is 0.600. The predicted octanol–water partition coefficient (Wildman–Crippen LogP) is 4.16. The van der Waals surface area contributed by atoms with E-state index >= 15 is 0 Å². The highest BCUT2D eigenvalue weighted by atomic mass is 79.9. The van der Waals surface area contributed by atoms with Crippen LogP contribution in [0, 0.1) is 23.6 Å². The summed E-state index contributed by atoms with van der Waals surface area (Å²) in [6.07, 6.45) is 3.56. The Labute approximate surface area is 123 Å². The second kappa shape index (κ2) is 6.33. The van der Waals surface area contributed by atoms with Gasteiger partial charge in [0.1, 0.15) is 5.82 Å². The monoisotopic (exact) mass is 328 g/mol. The molecule has 19 heavy (non-hydrogen) atoms. The number of hydrazine groups is 1. The lowest BCUT2D eigenvalue weighted by Gasteiger charge is -2.36. The second-order valence-electron chi connectivity index (χ2n) is 5.96. The lowest BCUT2D eigenvalue weighted by atomic mass is 9.72. The highest BCUT2D eigenvalue weighted by molar-refractivity contribution is 9.10. The Balaban J connectivity index is 2.26. The summed E-state index contributed by atoms with van der Waals surface area (Å²) in [5.41, 5.74) is 3.83. The molecule has 1 aliphatic rings. The number of hydrogen-bond donors (Lipinski definition) is 2. The second-order valence-corrected chi connectivity index (χ2v) is 6.76. The van der Waals surface area contributed by atoms with Crippen LogP contribution in [0.25, 0.3) is 0 Å². The van der Waals surface area contributed by atoms with Crippen LogP contribution in [0.15, 0.2) is 22.7 Å². The molecule has 1 aromatic rings. The van der Waals surface area contributed by atoms with Gasteiger partial charge < -0.3 is 0 Å². The summed E-state index contributed by atoms with van der Waals surface area (Å²) in [6, 6.07) is 5.17. The summed E-state index contributed by atoms with van der Waals surface area (Å²) in [5, 5.41) is 0. The summed E-state index contributed by atoms with van der Waals surface area (Å²) >= 11 is 3.35. The first-order chi connectivity index (χ1) is 9.02. The van der Waals surface area contributed by atoms with Gasteiger partial charge in [0.05, 0.1) is 10.5 Å². The number of benzene rings is 1. The Bertz CT molecular complexity index is 428. The number of rotatable bonds is 3. The first-order valence-electron chi connectivity index (χ1n) is 6.93. The zero-order valence-corrected chi connectivity index (χ0v) is 13.1. The highest BCUT2D eigenvalue weighted by Gasteiger charge is 2.31. The van der Waals surface area contributed by atoms with Gasteiger partial charge in [0.2, 0.25) is 0 Å². The van der Waals surface area contributed by atoms with Crippen LogP contribution >= 0.6 is 15.9 Å². The van der Waals surface area contributed by atoms with Crippen LogP contribution in [-0.2, 0) is 0 Å². The van der Waals surface area contributed by atoms with Gasteiger partial charge in [-0.1, -0.05) is 26.0 Å². The van der Waals surface area contributed by atoms with Crippen molar-refractivity contribution < 1.29 is 4.39 Å². The van der Waals surface area contributed by atoms with E-state index in [1.165, 1.54) is 12.5 Å². The standard InChI is InChI=1S/C15H22BrFN2/c1-9-6-10(2)8-11(7-9)15(19-18)12-4-3-5-13(17)14(12)16/h3-5,9-11,15,19H,6-8,18H2,1-2H3. The predicted molar refractivity (Wildman–Crippen MR) is 79.8 cm³/mol. The fourth-order valence-corrected chi connectivity index (χ4v) is 4.03. The lowest BCUT2D eigenvalue weighted by molar-refractivity contribution is 0.176. The number of hydrogen-bond acceptors (Lipinski definition) is 2. The molecule has 0 bridgehead atoms. The smallest absolute Gasteiger partial charge is 0.137 e. The zero-order valence-electron chi connectivity index (χ0n) is 11.5. The molecular formula is C15H22BrFN2. The molecule has 3 atom stereocenters. The van der Waals surface area contributed by atoms with Gasteiger partial charge in [-0.25, -0.2) is 4.39 Å². The Kier molecular flexibility index (Phi) is 4.98. The molecular weight excluding hydrogens is 307 g/mol.